The van der Waals surface area contributed by atoms with Crippen LogP contribution in [0.1, 0.15) is 12.5 Å². The van der Waals surface area contributed by atoms with Gasteiger partial charge in [-0.2, -0.15) is 5.26 Å². The zero-order valence-corrected chi connectivity index (χ0v) is 15.2. The monoisotopic (exact) mass is 362 g/mol. The highest BCUT2D eigenvalue weighted by Gasteiger charge is 2.13. The van der Waals surface area contributed by atoms with Crippen molar-refractivity contribution in [2.45, 2.75) is 18.6 Å². The number of nitriles is 1. The van der Waals surface area contributed by atoms with Crippen LogP contribution in [0.5, 0.6) is 0 Å². The molecule has 0 bridgehead atoms. The van der Waals surface area contributed by atoms with Crippen molar-refractivity contribution in [1.29, 1.82) is 5.26 Å². The van der Waals surface area contributed by atoms with Crippen LogP contribution in [0.2, 0.25) is 0 Å². The fourth-order valence-corrected chi connectivity index (χ4v) is 3.47. The van der Waals surface area contributed by atoms with Crippen molar-refractivity contribution in [3.05, 3.63) is 66.4 Å². The summed E-state index contributed by atoms with van der Waals surface area (Å²) < 4.78 is 2.09. The molecule has 0 aliphatic heterocycles. The summed E-state index contributed by atoms with van der Waals surface area (Å²) in [6, 6.07) is 19.1. The predicted octanol–water partition coefficient (Wildman–Crippen LogP) is 4.17. The van der Waals surface area contributed by atoms with Gasteiger partial charge in [0.25, 0.3) is 0 Å². The molecule has 0 saturated carbocycles. The Morgan fingerprint density at radius 1 is 1.19 bits per heavy atom. The SMILES string of the molecule is CCn1c(-c2ccccc2)cnc1SCC(=O)Nc1ccccc1C#N. The molecule has 1 heterocycles. The lowest BCUT2D eigenvalue weighted by Crippen LogP contribution is -2.15. The first kappa shape index (κ1) is 17.8. The minimum absolute atomic E-state index is 0.162. The molecule has 3 rings (SSSR count). The van der Waals surface area contributed by atoms with Gasteiger partial charge in [-0.3, -0.25) is 4.79 Å². The second-order valence-corrected chi connectivity index (χ2v) is 6.47. The number of thioether (sulfide) groups is 1. The fourth-order valence-electron chi connectivity index (χ4n) is 2.62. The number of nitrogens with zero attached hydrogens (tertiary/aromatic N) is 3. The minimum Gasteiger partial charge on any atom is -0.324 e. The summed E-state index contributed by atoms with van der Waals surface area (Å²) >= 11 is 1.38. The zero-order chi connectivity index (χ0) is 18.4. The van der Waals surface area contributed by atoms with E-state index in [1.54, 1.807) is 24.3 Å². The van der Waals surface area contributed by atoms with Gasteiger partial charge in [-0.25, -0.2) is 4.98 Å². The second kappa shape index (κ2) is 8.37. The highest BCUT2D eigenvalue weighted by molar-refractivity contribution is 7.99. The van der Waals surface area contributed by atoms with E-state index in [9.17, 15) is 4.79 Å². The van der Waals surface area contributed by atoms with Gasteiger partial charge >= 0.3 is 0 Å². The third-order valence-corrected chi connectivity index (χ3v) is 4.85. The number of hydrogen-bond acceptors (Lipinski definition) is 4. The van der Waals surface area contributed by atoms with Crippen LogP contribution in [0, 0.1) is 11.3 Å². The predicted molar refractivity (Wildman–Crippen MR) is 104 cm³/mol. The van der Waals surface area contributed by atoms with E-state index in [4.69, 9.17) is 5.26 Å². The van der Waals surface area contributed by atoms with E-state index in [0.717, 1.165) is 23.0 Å². The van der Waals surface area contributed by atoms with Crippen molar-refractivity contribution in [2.24, 2.45) is 0 Å². The molecule has 0 unspecified atom stereocenters. The highest BCUT2D eigenvalue weighted by atomic mass is 32.2. The Balaban J connectivity index is 1.69. The molecule has 5 nitrogen and oxygen atoms in total. The summed E-state index contributed by atoms with van der Waals surface area (Å²) in [5.41, 5.74) is 3.11. The lowest BCUT2D eigenvalue weighted by molar-refractivity contribution is -0.113. The number of anilines is 1. The van der Waals surface area contributed by atoms with Crippen LogP contribution in [-0.2, 0) is 11.3 Å². The number of hydrogen-bond donors (Lipinski definition) is 1. The quantitative estimate of drug-likeness (QED) is 0.668. The van der Waals surface area contributed by atoms with Crippen molar-refractivity contribution in [1.82, 2.24) is 9.55 Å². The third kappa shape index (κ3) is 3.95. The smallest absolute Gasteiger partial charge is 0.234 e. The maximum absolute atomic E-state index is 12.3. The van der Waals surface area contributed by atoms with Gasteiger partial charge in [-0.15, -0.1) is 0 Å². The van der Waals surface area contributed by atoms with Gasteiger partial charge in [-0.1, -0.05) is 54.2 Å². The van der Waals surface area contributed by atoms with Crippen LogP contribution >= 0.6 is 11.8 Å². The number of benzene rings is 2. The van der Waals surface area contributed by atoms with E-state index in [0.29, 0.717) is 11.3 Å². The lowest BCUT2D eigenvalue weighted by atomic mass is 10.2. The minimum atomic E-state index is -0.162. The number of carbonyl (C=O) groups excluding carboxylic acids is 1. The summed E-state index contributed by atoms with van der Waals surface area (Å²) in [6.07, 6.45) is 1.84. The van der Waals surface area contributed by atoms with E-state index < -0.39 is 0 Å². The molecule has 26 heavy (non-hydrogen) atoms. The Morgan fingerprint density at radius 2 is 1.92 bits per heavy atom. The van der Waals surface area contributed by atoms with Crippen molar-refractivity contribution < 1.29 is 4.79 Å². The molecule has 0 radical (unpaired) electrons. The topological polar surface area (TPSA) is 70.7 Å². The molecule has 0 spiro atoms. The van der Waals surface area contributed by atoms with Crippen molar-refractivity contribution >= 4 is 23.4 Å². The molecule has 0 fully saturated rings. The summed E-state index contributed by atoms with van der Waals surface area (Å²) in [4.78, 5) is 16.7. The van der Waals surface area contributed by atoms with Gasteiger partial charge in [0.05, 0.1) is 28.9 Å². The average Bonchev–Trinajstić information content (AvgIpc) is 3.10. The second-order valence-electron chi connectivity index (χ2n) is 5.53. The van der Waals surface area contributed by atoms with Crippen LogP contribution in [0.4, 0.5) is 5.69 Å². The molecule has 3 aromatic rings. The molecule has 1 aromatic heterocycles. The number of carbonyl (C=O) groups is 1. The number of rotatable bonds is 6. The Hall–Kier alpha value is -3.04. The van der Waals surface area contributed by atoms with Crippen LogP contribution in [0.25, 0.3) is 11.3 Å². The molecular formula is C20H18N4OS. The maximum Gasteiger partial charge on any atom is 0.234 e. The molecule has 0 atom stereocenters. The average molecular weight is 362 g/mol. The third-order valence-electron chi connectivity index (χ3n) is 3.86. The Labute approximate surface area is 156 Å². The Bertz CT molecular complexity index is 944. The Kier molecular flexibility index (Phi) is 5.72. The van der Waals surface area contributed by atoms with E-state index in [1.165, 1.54) is 11.8 Å². The van der Waals surface area contributed by atoms with Gasteiger partial charge < -0.3 is 9.88 Å². The first-order valence-corrected chi connectivity index (χ1v) is 9.24. The van der Waals surface area contributed by atoms with Gasteiger partial charge in [-0.05, 0) is 24.6 Å². The van der Waals surface area contributed by atoms with E-state index >= 15 is 0 Å². The van der Waals surface area contributed by atoms with Crippen LogP contribution in [0.15, 0.2) is 66.0 Å². The summed E-state index contributed by atoms with van der Waals surface area (Å²) in [6.45, 7) is 2.83. The highest BCUT2D eigenvalue weighted by Crippen LogP contribution is 2.26. The first-order valence-electron chi connectivity index (χ1n) is 8.25. The summed E-state index contributed by atoms with van der Waals surface area (Å²) in [5.74, 6) is 0.0648. The van der Waals surface area contributed by atoms with Gasteiger partial charge in [0, 0.05) is 6.54 Å². The maximum atomic E-state index is 12.3. The van der Waals surface area contributed by atoms with Crippen LogP contribution in [0.3, 0.4) is 0 Å². The van der Waals surface area contributed by atoms with Crippen molar-refractivity contribution in [3.8, 4) is 17.3 Å². The molecule has 1 N–H and O–H groups in total. The van der Waals surface area contributed by atoms with E-state index in [2.05, 4.69) is 27.9 Å². The number of para-hydroxylation sites is 1. The first-order chi connectivity index (χ1) is 12.7. The summed E-state index contributed by atoms with van der Waals surface area (Å²) in [7, 11) is 0. The number of aromatic nitrogens is 2. The molecule has 130 valence electrons. The number of nitrogens with one attached hydrogen (secondary N) is 1. The number of amides is 1. The normalized spacial score (nSPS) is 10.3. The van der Waals surface area contributed by atoms with Crippen LogP contribution in [-0.4, -0.2) is 21.2 Å². The van der Waals surface area contributed by atoms with Gasteiger partial charge in [0.15, 0.2) is 5.16 Å². The Morgan fingerprint density at radius 3 is 2.65 bits per heavy atom. The molecular weight excluding hydrogens is 344 g/mol. The van der Waals surface area contributed by atoms with E-state index in [-0.39, 0.29) is 11.7 Å². The van der Waals surface area contributed by atoms with Gasteiger partial charge in [0.1, 0.15) is 6.07 Å². The molecule has 0 aliphatic carbocycles. The molecule has 0 aliphatic rings. The van der Waals surface area contributed by atoms with Crippen LogP contribution < -0.4 is 5.32 Å². The van der Waals surface area contributed by atoms with Gasteiger partial charge in [0.2, 0.25) is 5.91 Å². The largest absolute Gasteiger partial charge is 0.324 e. The molecule has 0 saturated heterocycles. The number of imidazole rings is 1. The molecule has 1 amide bonds. The fraction of sp³-hybridized carbons (Fsp3) is 0.150. The molecule has 2 aromatic carbocycles. The lowest BCUT2D eigenvalue weighted by Gasteiger charge is -2.10. The summed E-state index contributed by atoms with van der Waals surface area (Å²) in [5, 5.41) is 12.7. The van der Waals surface area contributed by atoms with Crippen molar-refractivity contribution in [2.75, 3.05) is 11.1 Å². The zero-order valence-electron chi connectivity index (χ0n) is 14.3. The molecule has 6 heteroatoms. The van der Waals surface area contributed by atoms with Crippen molar-refractivity contribution in [3.63, 3.8) is 0 Å². The van der Waals surface area contributed by atoms with E-state index in [1.807, 2.05) is 36.5 Å². The standard InChI is InChI=1S/C20H18N4OS/c1-2-24-18(15-8-4-3-5-9-15)13-22-20(24)26-14-19(25)23-17-11-7-6-10-16(17)12-21/h3-11,13H,2,14H2,1H3,(H,23,25).